The lowest BCUT2D eigenvalue weighted by molar-refractivity contribution is -0.130. The third kappa shape index (κ3) is 4.85. The second-order valence-corrected chi connectivity index (χ2v) is 8.09. The number of rotatable bonds is 5. The molecule has 4 rings (SSSR count). The summed E-state index contributed by atoms with van der Waals surface area (Å²) in [5.74, 6) is -0.713. The van der Waals surface area contributed by atoms with Gasteiger partial charge in [-0.15, -0.1) is 0 Å². The Morgan fingerprint density at radius 3 is 2.33 bits per heavy atom. The number of nitrogens with two attached hydrogens (primary N) is 1. The number of benzene rings is 2. The van der Waals surface area contributed by atoms with Crippen LogP contribution in [0.1, 0.15) is 28.4 Å². The van der Waals surface area contributed by atoms with Crippen LogP contribution < -0.4 is 11.3 Å². The standard InChI is InChI=1S/C25H25FN4O3/c1-17(31)29-13-11-28(12-14-29)16-18-3-2-4-21(15-18)30-23(32)10-9-22(25(30)27)24(33)19-5-7-20(26)8-6-19/h2-10,15H,11-14,16,27H2,1H3. The van der Waals surface area contributed by atoms with Crippen molar-refractivity contribution in [1.29, 1.82) is 0 Å². The molecule has 0 saturated carbocycles. The first-order chi connectivity index (χ1) is 15.8. The molecule has 7 nitrogen and oxygen atoms in total. The maximum atomic E-state index is 13.2. The first kappa shape index (κ1) is 22.4. The van der Waals surface area contributed by atoms with Crippen LogP contribution in [-0.4, -0.2) is 52.2 Å². The van der Waals surface area contributed by atoms with Gasteiger partial charge in [-0.2, -0.15) is 0 Å². The Balaban J connectivity index is 1.60. The van der Waals surface area contributed by atoms with E-state index in [0.29, 0.717) is 25.3 Å². The predicted molar refractivity (Wildman–Crippen MR) is 124 cm³/mol. The fraction of sp³-hybridized carbons (Fsp3) is 0.240. The van der Waals surface area contributed by atoms with Crippen LogP contribution in [0.5, 0.6) is 0 Å². The maximum Gasteiger partial charge on any atom is 0.256 e. The number of carbonyl (C=O) groups excluding carboxylic acids is 2. The molecule has 1 aromatic heterocycles. The summed E-state index contributed by atoms with van der Waals surface area (Å²) in [7, 11) is 0. The number of nitrogen functional groups attached to an aromatic ring is 1. The minimum absolute atomic E-state index is 0.0315. The number of amides is 1. The lowest BCUT2D eigenvalue weighted by Crippen LogP contribution is -2.47. The monoisotopic (exact) mass is 448 g/mol. The summed E-state index contributed by atoms with van der Waals surface area (Å²) in [6.07, 6.45) is 0. The van der Waals surface area contributed by atoms with Crippen LogP contribution in [-0.2, 0) is 11.3 Å². The van der Waals surface area contributed by atoms with E-state index in [1.54, 1.807) is 13.0 Å². The summed E-state index contributed by atoms with van der Waals surface area (Å²) in [6, 6.07) is 15.4. The third-order valence-electron chi connectivity index (χ3n) is 5.87. The number of anilines is 1. The zero-order valence-electron chi connectivity index (χ0n) is 18.3. The fourth-order valence-corrected chi connectivity index (χ4v) is 4.04. The summed E-state index contributed by atoms with van der Waals surface area (Å²) >= 11 is 0. The van der Waals surface area contributed by atoms with Gasteiger partial charge in [0.1, 0.15) is 11.6 Å². The number of pyridine rings is 1. The highest BCUT2D eigenvalue weighted by Gasteiger charge is 2.20. The van der Waals surface area contributed by atoms with E-state index >= 15 is 0 Å². The van der Waals surface area contributed by atoms with Crippen molar-refractivity contribution < 1.29 is 14.0 Å². The van der Waals surface area contributed by atoms with E-state index in [-0.39, 0.29) is 34.2 Å². The first-order valence-corrected chi connectivity index (χ1v) is 10.7. The smallest absolute Gasteiger partial charge is 0.256 e. The molecule has 2 heterocycles. The average Bonchev–Trinajstić information content (AvgIpc) is 2.80. The minimum Gasteiger partial charge on any atom is -0.384 e. The lowest BCUT2D eigenvalue weighted by atomic mass is 10.0. The summed E-state index contributed by atoms with van der Waals surface area (Å²) in [5, 5.41) is 0. The predicted octanol–water partition coefficient (Wildman–Crippen LogP) is 2.45. The molecule has 1 fully saturated rings. The zero-order valence-corrected chi connectivity index (χ0v) is 18.3. The van der Waals surface area contributed by atoms with Crippen LogP contribution in [0.2, 0.25) is 0 Å². The second kappa shape index (κ2) is 9.38. The van der Waals surface area contributed by atoms with E-state index in [2.05, 4.69) is 4.90 Å². The van der Waals surface area contributed by atoms with Gasteiger partial charge in [0.15, 0.2) is 5.78 Å². The Bertz CT molecular complexity index is 1250. The molecule has 1 saturated heterocycles. The topological polar surface area (TPSA) is 88.6 Å². The van der Waals surface area contributed by atoms with E-state index < -0.39 is 5.82 Å². The molecule has 0 bridgehead atoms. The van der Waals surface area contributed by atoms with Gasteiger partial charge in [-0.05, 0) is 48.0 Å². The van der Waals surface area contributed by atoms with Gasteiger partial charge < -0.3 is 10.6 Å². The van der Waals surface area contributed by atoms with Crippen LogP contribution in [0.25, 0.3) is 5.69 Å². The van der Waals surface area contributed by atoms with E-state index in [4.69, 9.17) is 5.73 Å². The Morgan fingerprint density at radius 1 is 0.970 bits per heavy atom. The third-order valence-corrected chi connectivity index (χ3v) is 5.87. The Kier molecular flexibility index (Phi) is 6.37. The number of hydrogen-bond acceptors (Lipinski definition) is 5. The lowest BCUT2D eigenvalue weighted by Gasteiger charge is -2.34. The van der Waals surface area contributed by atoms with E-state index in [1.165, 1.54) is 41.0 Å². The minimum atomic E-state index is -0.441. The molecule has 1 amide bonds. The van der Waals surface area contributed by atoms with Gasteiger partial charge in [0.25, 0.3) is 5.56 Å². The Morgan fingerprint density at radius 2 is 1.67 bits per heavy atom. The van der Waals surface area contributed by atoms with E-state index in [1.807, 2.05) is 23.1 Å². The van der Waals surface area contributed by atoms with Gasteiger partial charge >= 0.3 is 0 Å². The number of halogens is 1. The number of nitrogens with zero attached hydrogens (tertiary/aromatic N) is 3. The summed E-state index contributed by atoms with van der Waals surface area (Å²) in [4.78, 5) is 41.2. The Hall–Kier alpha value is -3.78. The quantitative estimate of drug-likeness (QED) is 0.606. The molecule has 0 unspecified atom stereocenters. The van der Waals surface area contributed by atoms with Crippen molar-refractivity contribution in [1.82, 2.24) is 14.4 Å². The number of ketones is 1. The van der Waals surface area contributed by atoms with Gasteiger partial charge in [0.05, 0.1) is 11.3 Å². The number of carbonyl (C=O) groups is 2. The molecule has 8 heteroatoms. The summed E-state index contributed by atoms with van der Waals surface area (Å²) in [6.45, 7) is 5.17. The molecular weight excluding hydrogens is 423 g/mol. The van der Waals surface area contributed by atoms with Crippen LogP contribution >= 0.6 is 0 Å². The molecule has 2 aromatic carbocycles. The number of hydrogen-bond donors (Lipinski definition) is 1. The van der Waals surface area contributed by atoms with Crippen molar-refractivity contribution >= 4 is 17.5 Å². The fourth-order valence-electron chi connectivity index (χ4n) is 4.04. The molecule has 2 N–H and O–H groups in total. The molecule has 1 aliphatic rings. The van der Waals surface area contributed by atoms with Crippen LogP contribution in [0.15, 0.2) is 65.5 Å². The molecule has 33 heavy (non-hydrogen) atoms. The van der Waals surface area contributed by atoms with E-state index in [9.17, 15) is 18.8 Å². The second-order valence-electron chi connectivity index (χ2n) is 8.09. The Labute approximate surface area is 190 Å². The van der Waals surface area contributed by atoms with Crippen molar-refractivity contribution in [3.63, 3.8) is 0 Å². The normalized spacial score (nSPS) is 14.3. The average molecular weight is 448 g/mol. The molecular formula is C25H25FN4O3. The van der Waals surface area contributed by atoms with Crippen molar-refractivity contribution in [2.45, 2.75) is 13.5 Å². The largest absolute Gasteiger partial charge is 0.384 e. The van der Waals surface area contributed by atoms with Gasteiger partial charge in [0.2, 0.25) is 5.91 Å². The molecule has 0 spiro atoms. The van der Waals surface area contributed by atoms with Crippen LogP contribution in [0.4, 0.5) is 10.2 Å². The van der Waals surface area contributed by atoms with Crippen molar-refractivity contribution in [2.75, 3.05) is 31.9 Å². The van der Waals surface area contributed by atoms with Gasteiger partial charge in [-0.3, -0.25) is 23.9 Å². The maximum absolute atomic E-state index is 13.2. The van der Waals surface area contributed by atoms with Crippen molar-refractivity contribution in [2.24, 2.45) is 0 Å². The number of aromatic nitrogens is 1. The summed E-state index contributed by atoms with van der Waals surface area (Å²) < 4.78 is 14.5. The molecule has 0 atom stereocenters. The highest BCUT2D eigenvalue weighted by molar-refractivity contribution is 6.11. The first-order valence-electron chi connectivity index (χ1n) is 10.7. The van der Waals surface area contributed by atoms with Gasteiger partial charge in [-0.1, -0.05) is 12.1 Å². The SMILES string of the molecule is CC(=O)N1CCN(Cc2cccc(-n3c(N)c(C(=O)c4ccc(F)cc4)ccc3=O)c2)CC1. The van der Waals surface area contributed by atoms with Crippen LogP contribution in [0.3, 0.4) is 0 Å². The molecule has 3 aromatic rings. The zero-order chi connectivity index (χ0) is 23.5. The van der Waals surface area contributed by atoms with E-state index in [0.717, 1.165) is 18.7 Å². The molecule has 1 aliphatic heterocycles. The van der Waals surface area contributed by atoms with Gasteiger partial charge in [0, 0.05) is 51.3 Å². The molecule has 170 valence electrons. The summed E-state index contributed by atoms with van der Waals surface area (Å²) in [5.41, 5.74) is 7.94. The highest BCUT2D eigenvalue weighted by atomic mass is 19.1. The number of piperazine rings is 1. The van der Waals surface area contributed by atoms with Gasteiger partial charge in [-0.25, -0.2) is 4.39 Å². The van der Waals surface area contributed by atoms with Crippen molar-refractivity contribution in [3.05, 3.63) is 93.5 Å². The highest BCUT2D eigenvalue weighted by Crippen LogP contribution is 2.20. The molecule has 0 radical (unpaired) electrons. The van der Waals surface area contributed by atoms with Crippen molar-refractivity contribution in [3.8, 4) is 5.69 Å². The molecule has 0 aliphatic carbocycles. The van der Waals surface area contributed by atoms with Crippen LogP contribution in [0, 0.1) is 5.82 Å².